The average Bonchev–Trinajstić information content (AvgIpc) is 3.26. The molecule has 3 aromatic rings. The molecule has 2 heterocycles. The maximum Gasteiger partial charge on any atom is 0.349 e. The predicted octanol–water partition coefficient (Wildman–Crippen LogP) is 4.18. The number of aryl methyl sites for hydroxylation is 1. The third-order valence-corrected chi connectivity index (χ3v) is 5.41. The second kappa shape index (κ2) is 8.62. The van der Waals surface area contributed by atoms with Gasteiger partial charge in [0.25, 0.3) is 5.91 Å². The Bertz CT molecular complexity index is 1050. The van der Waals surface area contributed by atoms with Crippen LogP contribution in [0.3, 0.4) is 0 Å². The number of nitrogens with zero attached hydrogens (tertiary/aromatic N) is 1. The van der Waals surface area contributed by atoms with Crippen molar-refractivity contribution in [1.82, 2.24) is 4.90 Å². The van der Waals surface area contributed by atoms with Crippen LogP contribution in [-0.4, -0.2) is 30.1 Å². The Morgan fingerprint density at radius 1 is 1.10 bits per heavy atom. The molecule has 5 heteroatoms. The Morgan fingerprint density at radius 2 is 1.86 bits per heavy atom. The molecule has 0 unspecified atom stereocenters. The summed E-state index contributed by atoms with van der Waals surface area (Å²) in [7, 11) is 0. The van der Waals surface area contributed by atoms with Crippen molar-refractivity contribution in [3.8, 4) is 0 Å². The Labute approximate surface area is 169 Å². The van der Waals surface area contributed by atoms with Gasteiger partial charge in [0.15, 0.2) is 0 Å². The van der Waals surface area contributed by atoms with Crippen molar-refractivity contribution >= 4 is 16.9 Å². The largest absolute Gasteiger partial charge is 0.422 e. The van der Waals surface area contributed by atoms with Crippen molar-refractivity contribution in [1.29, 1.82) is 0 Å². The van der Waals surface area contributed by atoms with Crippen LogP contribution in [-0.2, 0) is 17.7 Å². The van der Waals surface area contributed by atoms with E-state index in [1.54, 1.807) is 23.1 Å². The predicted molar refractivity (Wildman–Crippen MR) is 112 cm³/mol. The van der Waals surface area contributed by atoms with Gasteiger partial charge in [0.1, 0.15) is 11.1 Å². The minimum Gasteiger partial charge on any atom is -0.422 e. The molecule has 5 nitrogen and oxygen atoms in total. The summed E-state index contributed by atoms with van der Waals surface area (Å²) in [5, 5.41) is 0.736. The molecular weight excluding hydrogens is 366 g/mol. The van der Waals surface area contributed by atoms with E-state index in [1.807, 2.05) is 24.3 Å². The number of hydrogen-bond donors (Lipinski definition) is 0. The van der Waals surface area contributed by atoms with E-state index in [0.717, 1.165) is 36.8 Å². The van der Waals surface area contributed by atoms with Gasteiger partial charge in [-0.2, -0.15) is 0 Å². The fourth-order valence-corrected chi connectivity index (χ4v) is 3.74. The number of benzene rings is 2. The first-order valence-electron chi connectivity index (χ1n) is 10.2. The molecule has 0 aliphatic carbocycles. The first-order valence-corrected chi connectivity index (χ1v) is 10.2. The number of rotatable bonds is 6. The Morgan fingerprint density at radius 3 is 2.59 bits per heavy atom. The van der Waals surface area contributed by atoms with E-state index in [1.165, 1.54) is 5.56 Å². The minimum atomic E-state index is -0.604. The monoisotopic (exact) mass is 391 g/mol. The first kappa shape index (κ1) is 19.4. The van der Waals surface area contributed by atoms with Gasteiger partial charge in [-0.05, 0) is 42.5 Å². The van der Waals surface area contributed by atoms with E-state index in [-0.39, 0.29) is 17.6 Å². The Kier molecular flexibility index (Phi) is 5.76. The summed E-state index contributed by atoms with van der Waals surface area (Å²) in [4.78, 5) is 27.5. The molecule has 1 amide bonds. The van der Waals surface area contributed by atoms with Gasteiger partial charge in [0.05, 0.1) is 6.10 Å². The number of amides is 1. The molecular formula is C24H25NO4. The van der Waals surface area contributed by atoms with Crippen molar-refractivity contribution < 1.29 is 13.9 Å². The molecule has 1 aliphatic rings. The molecule has 0 bridgehead atoms. The van der Waals surface area contributed by atoms with Gasteiger partial charge in [0, 0.05) is 25.1 Å². The Balaban J connectivity index is 1.64. The van der Waals surface area contributed by atoms with Crippen LogP contribution in [0.1, 0.15) is 41.3 Å². The van der Waals surface area contributed by atoms with Crippen molar-refractivity contribution in [3.05, 3.63) is 81.7 Å². The van der Waals surface area contributed by atoms with Crippen LogP contribution in [0, 0.1) is 0 Å². The standard InChI is InChI=1S/C24H25NO4/c1-2-17-9-11-18(12-10-17)15-25(16-20-7-5-13-28-20)23(26)21-14-19-6-3-4-8-22(19)29-24(21)27/h3-4,6,8-12,14,20H,2,5,7,13,15-16H2,1H3/t20-/m1/s1. The number of carbonyl (C=O) groups excluding carboxylic acids is 1. The van der Waals surface area contributed by atoms with Gasteiger partial charge in [-0.3, -0.25) is 4.79 Å². The van der Waals surface area contributed by atoms with Crippen LogP contribution >= 0.6 is 0 Å². The van der Waals surface area contributed by atoms with Crippen molar-refractivity contribution in [2.75, 3.05) is 13.2 Å². The van der Waals surface area contributed by atoms with Crippen LogP contribution < -0.4 is 5.63 Å². The third kappa shape index (κ3) is 4.40. The topological polar surface area (TPSA) is 59.8 Å². The highest BCUT2D eigenvalue weighted by molar-refractivity contribution is 5.96. The van der Waals surface area contributed by atoms with Gasteiger partial charge < -0.3 is 14.1 Å². The maximum absolute atomic E-state index is 13.3. The molecule has 1 aliphatic heterocycles. The molecule has 0 N–H and O–H groups in total. The van der Waals surface area contributed by atoms with Crippen LogP contribution in [0.4, 0.5) is 0 Å². The molecule has 2 aromatic carbocycles. The van der Waals surface area contributed by atoms with E-state index in [2.05, 4.69) is 19.1 Å². The van der Waals surface area contributed by atoms with Gasteiger partial charge in [-0.1, -0.05) is 49.4 Å². The molecule has 150 valence electrons. The zero-order valence-corrected chi connectivity index (χ0v) is 16.6. The van der Waals surface area contributed by atoms with E-state index in [0.29, 0.717) is 18.7 Å². The van der Waals surface area contributed by atoms with Crippen LogP contribution in [0.25, 0.3) is 11.0 Å². The zero-order valence-electron chi connectivity index (χ0n) is 16.6. The summed E-state index contributed by atoms with van der Waals surface area (Å²) in [6.45, 7) is 3.72. The molecule has 1 aromatic heterocycles. The molecule has 0 radical (unpaired) electrons. The normalized spacial score (nSPS) is 16.2. The maximum atomic E-state index is 13.3. The van der Waals surface area contributed by atoms with Crippen LogP contribution in [0.15, 0.2) is 63.8 Å². The molecule has 0 saturated carbocycles. The molecule has 1 saturated heterocycles. The fraction of sp³-hybridized carbons (Fsp3) is 0.333. The smallest absolute Gasteiger partial charge is 0.349 e. The summed E-state index contributed by atoms with van der Waals surface area (Å²) in [6, 6.07) is 17.1. The molecule has 1 atom stereocenters. The summed E-state index contributed by atoms with van der Waals surface area (Å²) in [5.41, 5.74) is 2.22. The highest BCUT2D eigenvalue weighted by atomic mass is 16.5. The summed E-state index contributed by atoms with van der Waals surface area (Å²) in [5.74, 6) is -0.320. The van der Waals surface area contributed by atoms with Gasteiger partial charge in [-0.25, -0.2) is 4.79 Å². The highest BCUT2D eigenvalue weighted by Gasteiger charge is 2.26. The van der Waals surface area contributed by atoms with Gasteiger partial charge in [0.2, 0.25) is 0 Å². The molecule has 1 fully saturated rings. The Hall–Kier alpha value is -2.92. The van der Waals surface area contributed by atoms with Gasteiger partial charge in [-0.15, -0.1) is 0 Å². The molecule has 29 heavy (non-hydrogen) atoms. The summed E-state index contributed by atoms with van der Waals surface area (Å²) in [6.07, 6.45) is 2.89. The minimum absolute atomic E-state index is 0.00126. The first-order chi connectivity index (χ1) is 14.1. The fourth-order valence-electron chi connectivity index (χ4n) is 3.74. The lowest BCUT2D eigenvalue weighted by Crippen LogP contribution is -2.38. The van der Waals surface area contributed by atoms with E-state index in [9.17, 15) is 9.59 Å². The lowest BCUT2D eigenvalue weighted by Gasteiger charge is -2.25. The SMILES string of the molecule is CCc1ccc(CN(C[C@H]2CCCO2)C(=O)c2cc3ccccc3oc2=O)cc1. The zero-order chi connectivity index (χ0) is 20.2. The number of fused-ring (bicyclic) bond motifs is 1. The summed E-state index contributed by atoms with van der Waals surface area (Å²) >= 11 is 0. The average molecular weight is 391 g/mol. The second-order valence-electron chi connectivity index (χ2n) is 7.48. The number of ether oxygens (including phenoxy) is 1. The van der Waals surface area contributed by atoms with E-state index in [4.69, 9.17) is 9.15 Å². The van der Waals surface area contributed by atoms with Crippen molar-refractivity contribution in [3.63, 3.8) is 0 Å². The van der Waals surface area contributed by atoms with Gasteiger partial charge >= 0.3 is 5.63 Å². The number of para-hydroxylation sites is 1. The lowest BCUT2D eigenvalue weighted by molar-refractivity contribution is 0.0504. The number of hydrogen-bond acceptors (Lipinski definition) is 4. The van der Waals surface area contributed by atoms with E-state index < -0.39 is 5.63 Å². The molecule has 4 rings (SSSR count). The third-order valence-electron chi connectivity index (χ3n) is 5.41. The van der Waals surface area contributed by atoms with Crippen molar-refractivity contribution in [2.45, 2.75) is 38.8 Å². The molecule has 0 spiro atoms. The summed E-state index contributed by atoms with van der Waals surface area (Å²) < 4.78 is 11.1. The number of carbonyl (C=O) groups is 1. The van der Waals surface area contributed by atoms with Crippen LogP contribution in [0.2, 0.25) is 0 Å². The van der Waals surface area contributed by atoms with E-state index >= 15 is 0 Å². The quantitative estimate of drug-likeness (QED) is 0.592. The second-order valence-corrected chi connectivity index (χ2v) is 7.48. The highest BCUT2D eigenvalue weighted by Crippen LogP contribution is 2.19. The lowest BCUT2D eigenvalue weighted by atomic mass is 10.1. The van der Waals surface area contributed by atoms with Crippen LogP contribution in [0.5, 0.6) is 0 Å². The van der Waals surface area contributed by atoms with Crippen molar-refractivity contribution in [2.24, 2.45) is 0 Å².